The zero-order valence-corrected chi connectivity index (χ0v) is 16.8. The van der Waals surface area contributed by atoms with Crippen LogP contribution < -0.4 is 15.4 Å². The molecule has 1 amide bonds. The zero-order valence-electron chi connectivity index (χ0n) is 16.8. The molecule has 0 unspecified atom stereocenters. The summed E-state index contributed by atoms with van der Waals surface area (Å²) in [6, 6.07) is 18.1. The summed E-state index contributed by atoms with van der Waals surface area (Å²) >= 11 is 0. The Labute approximate surface area is 174 Å². The quantitative estimate of drug-likeness (QED) is 0.520. The van der Waals surface area contributed by atoms with Gasteiger partial charge in [-0.15, -0.1) is 0 Å². The predicted octanol–water partition coefficient (Wildman–Crippen LogP) is 4.20. The van der Waals surface area contributed by atoms with Gasteiger partial charge in [0.15, 0.2) is 0 Å². The molecule has 0 radical (unpaired) electrons. The van der Waals surface area contributed by atoms with E-state index in [2.05, 4.69) is 10.6 Å². The first kappa shape index (κ1) is 21.5. The van der Waals surface area contributed by atoms with Crippen LogP contribution >= 0.6 is 0 Å². The zero-order chi connectivity index (χ0) is 21.3. The van der Waals surface area contributed by atoms with Gasteiger partial charge in [-0.1, -0.05) is 30.3 Å². The van der Waals surface area contributed by atoms with Crippen LogP contribution in [0.15, 0.2) is 66.7 Å². The van der Waals surface area contributed by atoms with Gasteiger partial charge in [0.1, 0.15) is 24.0 Å². The summed E-state index contributed by atoms with van der Waals surface area (Å²) in [5.74, 6) is -0.390. The topological polar surface area (TPSA) is 50.4 Å². The van der Waals surface area contributed by atoms with Crippen molar-refractivity contribution in [3.63, 3.8) is 0 Å². The standard InChI is InChI=1S/C24H24F2N2O2/c1-27-24(29)19-8-9-22(23(26)16-19)18-5-3-7-21(15-18)30-13-12-28-11-10-17-4-2-6-20(25)14-17/h2-9,14-16,28H,10-13H2,1H3,(H,27,29). The summed E-state index contributed by atoms with van der Waals surface area (Å²) in [5, 5.41) is 5.73. The Morgan fingerprint density at radius 3 is 2.57 bits per heavy atom. The molecule has 4 nitrogen and oxygen atoms in total. The van der Waals surface area contributed by atoms with Crippen molar-refractivity contribution in [2.45, 2.75) is 6.42 Å². The number of halogens is 2. The largest absolute Gasteiger partial charge is 0.492 e. The molecule has 3 rings (SSSR count). The fraction of sp³-hybridized carbons (Fsp3) is 0.208. The van der Waals surface area contributed by atoms with Crippen molar-refractivity contribution < 1.29 is 18.3 Å². The number of rotatable bonds is 9. The lowest BCUT2D eigenvalue weighted by molar-refractivity contribution is 0.0962. The lowest BCUT2D eigenvalue weighted by atomic mass is 10.0. The van der Waals surface area contributed by atoms with Crippen molar-refractivity contribution in [1.82, 2.24) is 10.6 Å². The maximum Gasteiger partial charge on any atom is 0.251 e. The molecular weight excluding hydrogens is 386 g/mol. The Balaban J connectivity index is 1.50. The van der Waals surface area contributed by atoms with Gasteiger partial charge >= 0.3 is 0 Å². The van der Waals surface area contributed by atoms with Crippen LogP contribution in [0.2, 0.25) is 0 Å². The first-order chi connectivity index (χ1) is 14.6. The van der Waals surface area contributed by atoms with Gasteiger partial charge in [-0.25, -0.2) is 8.78 Å². The third-order valence-corrected chi connectivity index (χ3v) is 4.63. The third kappa shape index (κ3) is 5.87. The molecular formula is C24H24F2N2O2. The molecule has 0 aromatic heterocycles. The Bertz CT molecular complexity index is 1010. The molecule has 0 atom stereocenters. The molecule has 0 aliphatic heterocycles. The minimum absolute atomic E-state index is 0.226. The average molecular weight is 410 g/mol. The van der Waals surface area contributed by atoms with Crippen molar-refractivity contribution in [1.29, 1.82) is 0 Å². The van der Waals surface area contributed by atoms with E-state index in [9.17, 15) is 13.6 Å². The third-order valence-electron chi connectivity index (χ3n) is 4.63. The van der Waals surface area contributed by atoms with Crippen molar-refractivity contribution in [2.75, 3.05) is 26.7 Å². The van der Waals surface area contributed by atoms with Gasteiger partial charge in [-0.3, -0.25) is 4.79 Å². The number of carbonyl (C=O) groups is 1. The Kier molecular flexibility index (Phi) is 7.51. The molecule has 0 bridgehead atoms. The van der Waals surface area contributed by atoms with Gasteiger partial charge in [0, 0.05) is 24.7 Å². The second kappa shape index (κ2) is 10.5. The molecule has 0 saturated carbocycles. The highest BCUT2D eigenvalue weighted by molar-refractivity contribution is 5.94. The predicted molar refractivity (Wildman–Crippen MR) is 114 cm³/mol. The van der Waals surface area contributed by atoms with Gasteiger partial charge in [0.25, 0.3) is 5.91 Å². The lowest BCUT2D eigenvalue weighted by Gasteiger charge is -2.10. The van der Waals surface area contributed by atoms with Crippen molar-refractivity contribution >= 4 is 5.91 Å². The summed E-state index contributed by atoms with van der Waals surface area (Å²) in [5.41, 5.74) is 2.30. The summed E-state index contributed by atoms with van der Waals surface area (Å²) < 4.78 is 33.4. The number of nitrogens with one attached hydrogen (secondary N) is 2. The Morgan fingerprint density at radius 2 is 1.80 bits per heavy atom. The molecule has 3 aromatic rings. The lowest BCUT2D eigenvalue weighted by Crippen LogP contribution is -2.23. The van der Waals surface area contributed by atoms with E-state index < -0.39 is 5.82 Å². The number of ether oxygens (including phenoxy) is 1. The van der Waals surface area contributed by atoms with Crippen LogP contribution in [0.3, 0.4) is 0 Å². The highest BCUT2D eigenvalue weighted by Crippen LogP contribution is 2.27. The van der Waals surface area contributed by atoms with Crippen molar-refractivity contribution in [3.8, 4) is 16.9 Å². The van der Waals surface area contributed by atoms with Crippen LogP contribution in [0.1, 0.15) is 15.9 Å². The molecule has 0 spiro atoms. The first-order valence-corrected chi connectivity index (χ1v) is 9.77. The van der Waals surface area contributed by atoms with Crippen LogP contribution in [-0.4, -0.2) is 32.7 Å². The number of carbonyl (C=O) groups excluding carboxylic acids is 1. The van der Waals surface area contributed by atoms with E-state index >= 15 is 0 Å². The molecule has 3 aromatic carbocycles. The van der Waals surface area contributed by atoms with Gasteiger partial charge in [-0.2, -0.15) is 0 Å². The normalized spacial score (nSPS) is 10.6. The SMILES string of the molecule is CNC(=O)c1ccc(-c2cccc(OCCNCCc3cccc(F)c3)c2)c(F)c1. The fourth-order valence-corrected chi connectivity index (χ4v) is 3.08. The van der Waals surface area contributed by atoms with E-state index in [4.69, 9.17) is 4.74 Å². The second-order valence-corrected chi connectivity index (χ2v) is 6.78. The molecule has 0 fully saturated rings. The first-order valence-electron chi connectivity index (χ1n) is 9.77. The molecule has 2 N–H and O–H groups in total. The smallest absolute Gasteiger partial charge is 0.251 e. The summed E-state index contributed by atoms with van der Waals surface area (Å²) in [6.45, 7) is 1.80. The van der Waals surface area contributed by atoms with Gasteiger partial charge in [0.05, 0.1) is 0 Å². The molecule has 156 valence electrons. The monoisotopic (exact) mass is 410 g/mol. The molecule has 0 aliphatic rings. The van der Waals surface area contributed by atoms with Crippen LogP contribution in [0, 0.1) is 11.6 Å². The van der Waals surface area contributed by atoms with E-state index in [1.807, 2.05) is 12.1 Å². The highest BCUT2D eigenvalue weighted by atomic mass is 19.1. The Hall–Kier alpha value is -3.25. The van der Waals surface area contributed by atoms with E-state index in [0.29, 0.717) is 30.0 Å². The van der Waals surface area contributed by atoms with Crippen molar-refractivity contribution in [3.05, 3.63) is 89.5 Å². The molecule has 6 heteroatoms. The summed E-state index contributed by atoms with van der Waals surface area (Å²) in [4.78, 5) is 11.6. The minimum atomic E-state index is -0.465. The number of hydrogen-bond acceptors (Lipinski definition) is 3. The van der Waals surface area contributed by atoms with E-state index in [1.165, 1.54) is 25.2 Å². The molecule has 0 heterocycles. The fourth-order valence-electron chi connectivity index (χ4n) is 3.08. The van der Waals surface area contributed by atoms with Crippen molar-refractivity contribution in [2.24, 2.45) is 0 Å². The van der Waals surface area contributed by atoms with Gasteiger partial charge in [0.2, 0.25) is 0 Å². The van der Waals surface area contributed by atoms with E-state index in [1.54, 1.807) is 36.4 Å². The Morgan fingerprint density at radius 1 is 0.967 bits per heavy atom. The number of hydrogen-bond donors (Lipinski definition) is 2. The second-order valence-electron chi connectivity index (χ2n) is 6.78. The van der Waals surface area contributed by atoms with Gasteiger partial charge < -0.3 is 15.4 Å². The minimum Gasteiger partial charge on any atom is -0.492 e. The van der Waals surface area contributed by atoms with Crippen LogP contribution in [0.25, 0.3) is 11.1 Å². The van der Waals surface area contributed by atoms with E-state index in [-0.39, 0.29) is 17.3 Å². The molecule has 30 heavy (non-hydrogen) atoms. The van der Waals surface area contributed by atoms with Gasteiger partial charge in [-0.05, 0) is 60.5 Å². The molecule has 0 aliphatic carbocycles. The maximum atomic E-state index is 14.5. The van der Waals surface area contributed by atoms with E-state index in [0.717, 1.165) is 18.5 Å². The van der Waals surface area contributed by atoms with Crippen LogP contribution in [0.5, 0.6) is 5.75 Å². The maximum absolute atomic E-state index is 14.5. The molecule has 0 saturated heterocycles. The summed E-state index contributed by atoms with van der Waals surface area (Å²) in [7, 11) is 1.51. The number of benzene rings is 3. The number of amides is 1. The highest BCUT2D eigenvalue weighted by Gasteiger charge is 2.10. The average Bonchev–Trinajstić information content (AvgIpc) is 2.75. The summed E-state index contributed by atoms with van der Waals surface area (Å²) in [6.07, 6.45) is 0.735. The van der Waals surface area contributed by atoms with Crippen LogP contribution in [0.4, 0.5) is 8.78 Å². The van der Waals surface area contributed by atoms with Crippen LogP contribution in [-0.2, 0) is 6.42 Å².